The lowest BCUT2D eigenvalue weighted by molar-refractivity contribution is -0.137. The SMILES string of the molecule is NC(CC(=O)O)c1c(F)ccc(Cl)c1O. The van der Waals surface area contributed by atoms with Crippen molar-refractivity contribution in [1.29, 1.82) is 0 Å². The molecule has 1 unspecified atom stereocenters. The fourth-order valence-corrected chi connectivity index (χ4v) is 1.36. The highest BCUT2D eigenvalue weighted by molar-refractivity contribution is 6.32. The van der Waals surface area contributed by atoms with Crippen molar-refractivity contribution in [3.8, 4) is 5.75 Å². The summed E-state index contributed by atoms with van der Waals surface area (Å²) in [6, 6.07) is 1.07. The van der Waals surface area contributed by atoms with Crippen LogP contribution in [-0.2, 0) is 4.79 Å². The van der Waals surface area contributed by atoms with Crippen LogP contribution < -0.4 is 5.73 Å². The third kappa shape index (κ3) is 2.57. The van der Waals surface area contributed by atoms with E-state index in [9.17, 15) is 14.3 Å². The third-order valence-corrected chi connectivity index (χ3v) is 2.18. The van der Waals surface area contributed by atoms with Crippen molar-refractivity contribution in [2.75, 3.05) is 0 Å². The summed E-state index contributed by atoms with van der Waals surface area (Å²) in [7, 11) is 0. The Labute approximate surface area is 90.1 Å². The molecule has 0 aliphatic rings. The number of hydrogen-bond acceptors (Lipinski definition) is 3. The Morgan fingerprint density at radius 3 is 2.73 bits per heavy atom. The summed E-state index contributed by atoms with van der Waals surface area (Å²) in [4.78, 5) is 10.4. The average molecular weight is 234 g/mol. The van der Waals surface area contributed by atoms with E-state index in [1.165, 1.54) is 6.07 Å². The van der Waals surface area contributed by atoms with Crippen LogP contribution in [0.3, 0.4) is 0 Å². The van der Waals surface area contributed by atoms with Crippen molar-refractivity contribution < 1.29 is 19.4 Å². The molecule has 0 amide bonds. The second-order valence-corrected chi connectivity index (χ2v) is 3.40. The average Bonchev–Trinajstić information content (AvgIpc) is 2.11. The maximum absolute atomic E-state index is 13.2. The number of hydrogen-bond donors (Lipinski definition) is 3. The number of carbonyl (C=O) groups is 1. The van der Waals surface area contributed by atoms with Crippen molar-refractivity contribution in [2.24, 2.45) is 5.73 Å². The minimum atomic E-state index is -1.18. The number of nitrogens with two attached hydrogens (primary N) is 1. The van der Waals surface area contributed by atoms with Gasteiger partial charge in [0, 0.05) is 11.6 Å². The van der Waals surface area contributed by atoms with Gasteiger partial charge in [-0.15, -0.1) is 0 Å². The summed E-state index contributed by atoms with van der Waals surface area (Å²) in [5.74, 6) is -2.46. The van der Waals surface area contributed by atoms with Crippen LogP contribution >= 0.6 is 11.6 Å². The Morgan fingerprint density at radius 1 is 1.60 bits per heavy atom. The number of aliphatic carboxylic acids is 1. The maximum Gasteiger partial charge on any atom is 0.305 e. The van der Waals surface area contributed by atoms with Gasteiger partial charge in [0.1, 0.15) is 11.6 Å². The van der Waals surface area contributed by atoms with Crippen LogP contribution in [0.15, 0.2) is 12.1 Å². The van der Waals surface area contributed by atoms with E-state index in [-0.39, 0.29) is 10.6 Å². The zero-order valence-corrected chi connectivity index (χ0v) is 8.33. The lowest BCUT2D eigenvalue weighted by atomic mass is 10.0. The molecule has 0 aliphatic heterocycles. The molecule has 0 radical (unpaired) electrons. The number of phenols is 1. The molecule has 0 aliphatic carbocycles. The molecule has 1 atom stereocenters. The van der Waals surface area contributed by atoms with Crippen LogP contribution in [0.1, 0.15) is 18.0 Å². The first-order chi connectivity index (χ1) is 6.93. The van der Waals surface area contributed by atoms with E-state index < -0.39 is 30.0 Å². The van der Waals surface area contributed by atoms with Crippen LogP contribution in [0.25, 0.3) is 0 Å². The molecule has 6 heteroatoms. The van der Waals surface area contributed by atoms with Crippen LogP contribution in [0.5, 0.6) is 5.75 Å². The van der Waals surface area contributed by atoms with Crippen LogP contribution in [0.4, 0.5) is 4.39 Å². The fourth-order valence-electron chi connectivity index (χ4n) is 1.20. The monoisotopic (exact) mass is 233 g/mol. The number of benzene rings is 1. The summed E-state index contributed by atoms with van der Waals surface area (Å²) in [6.45, 7) is 0. The molecule has 4 N–H and O–H groups in total. The topological polar surface area (TPSA) is 83.6 Å². The van der Waals surface area contributed by atoms with Crippen molar-refractivity contribution in [3.63, 3.8) is 0 Å². The summed E-state index contributed by atoms with van der Waals surface area (Å²) in [5.41, 5.74) is 5.15. The van der Waals surface area contributed by atoms with E-state index in [0.717, 1.165) is 6.07 Å². The van der Waals surface area contributed by atoms with E-state index in [1.807, 2.05) is 0 Å². The number of aromatic hydroxyl groups is 1. The summed E-state index contributed by atoms with van der Waals surface area (Å²) < 4.78 is 13.2. The lowest BCUT2D eigenvalue weighted by Crippen LogP contribution is -2.16. The Hall–Kier alpha value is -1.33. The maximum atomic E-state index is 13.2. The molecule has 0 aromatic heterocycles. The predicted molar refractivity (Wildman–Crippen MR) is 52.3 cm³/mol. The lowest BCUT2D eigenvalue weighted by Gasteiger charge is -2.13. The van der Waals surface area contributed by atoms with Crippen molar-refractivity contribution in [3.05, 3.63) is 28.5 Å². The number of rotatable bonds is 3. The Balaban J connectivity index is 3.12. The molecular weight excluding hydrogens is 225 g/mol. The Kier molecular flexibility index (Phi) is 3.49. The second-order valence-electron chi connectivity index (χ2n) is 3.00. The van der Waals surface area contributed by atoms with Gasteiger partial charge in [-0.05, 0) is 12.1 Å². The molecule has 4 nitrogen and oxygen atoms in total. The van der Waals surface area contributed by atoms with Crippen molar-refractivity contribution in [1.82, 2.24) is 0 Å². The Morgan fingerprint density at radius 2 is 2.20 bits per heavy atom. The highest BCUT2D eigenvalue weighted by Gasteiger charge is 2.20. The molecule has 0 saturated carbocycles. The molecule has 1 aromatic rings. The second kappa shape index (κ2) is 4.46. The largest absolute Gasteiger partial charge is 0.506 e. The quantitative estimate of drug-likeness (QED) is 0.741. The van der Waals surface area contributed by atoms with Gasteiger partial charge in [0.25, 0.3) is 0 Å². The highest BCUT2D eigenvalue weighted by Crippen LogP contribution is 2.33. The first kappa shape index (κ1) is 11.7. The number of carboxylic acid groups (broad SMARTS) is 1. The summed E-state index contributed by atoms with van der Waals surface area (Å²) in [6.07, 6.45) is -0.481. The van der Waals surface area contributed by atoms with Gasteiger partial charge in [0.05, 0.1) is 11.4 Å². The van der Waals surface area contributed by atoms with Crippen molar-refractivity contribution >= 4 is 17.6 Å². The fraction of sp³-hybridized carbons (Fsp3) is 0.222. The normalized spacial score (nSPS) is 12.5. The number of carboxylic acids is 1. The molecular formula is C9H9ClFNO3. The molecule has 1 rings (SSSR count). The van der Waals surface area contributed by atoms with Gasteiger partial charge >= 0.3 is 5.97 Å². The van der Waals surface area contributed by atoms with Gasteiger partial charge in [-0.3, -0.25) is 4.79 Å². The van der Waals surface area contributed by atoms with Gasteiger partial charge in [0.2, 0.25) is 0 Å². The van der Waals surface area contributed by atoms with E-state index in [4.69, 9.17) is 22.4 Å². The zero-order valence-electron chi connectivity index (χ0n) is 7.58. The van der Waals surface area contributed by atoms with Gasteiger partial charge in [-0.25, -0.2) is 4.39 Å². The molecule has 82 valence electrons. The van der Waals surface area contributed by atoms with Gasteiger partial charge in [-0.1, -0.05) is 11.6 Å². The minimum absolute atomic E-state index is 0.0627. The predicted octanol–water partition coefficient (Wildman–Crippen LogP) is 1.66. The molecule has 0 fully saturated rings. The van der Waals surface area contributed by atoms with Gasteiger partial charge in [0.15, 0.2) is 0 Å². The number of phenolic OH excluding ortho intramolecular Hbond substituents is 1. The summed E-state index contributed by atoms with van der Waals surface area (Å²) >= 11 is 5.55. The van der Waals surface area contributed by atoms with Crippen LogP contribution in [-0.4, -0.2) is 16.2 Å². The molecule has 1 aromatic carbocycles. The minimum Gasteiger partial charge on any atom is -0.506 e. The third-order valence-electron chi connectivity index (χ3n) is 1.88. The van der Waals surface area contributed by atoms with Crippen LogP contribution in [0, 0.1) is 5.82 Å². The van der Waals surface area contributed by atoms with Gasteiger partial charge in [-0.2, -0.15) is 0 Å². The highest BCUT2D eigenvalue weighted by atomic mass is 35.5. The molecule has 0 spiro atoms. The van der Waals surface area contributed by atoms with Gasteiger partial charge < -0.3 is 15.9 Å². The van der Waals surface area contributed by atoms with Crippen molar-refractivity contribution in [2.45, 2.75) is 12.5 Å². The molecule has 0 saturated heterocycles. The standard InChI is InChI=1S/C9H9ClFNO3/c10-4-1-2-5(11)8(9(4)15)6(12)3-7(13)14/h1-2,6,15H,3,12H2,(H,13,14). The first-order valence-corrected chi connectivity index (χ1v) is 4.45. The first-order valence-electron chi connectivity index (χ1n) is 4.07. The van der Waals surface area contributed by atoms with Crippen LogP contribution in [0.2, 0.25) is 5.02 Å². The Bertz CT molecular complexity index is 397. The molecule has 15 heavy (non-hydrogen) atoms. The van der Waals surface area contributed by atoms with E-state index in [2.05, 4.69) is 0 Å². The molecule has 0 heterocycles. The zero-order chi connectivity index (χ0) is 11.6. The summed E-state index contributed by atoms with van der Waals surface area (Å²) in [5, 5.41) is 17.8. The smallest absolute Gasteiger partial charge is 0.305 e. The molecule has 0 bridgehead atoms. The van der Waals surface area contributed by atoms with E-state index in [1.54, 1.807) is 0 Å². The number of halogens is 2. The van der Waals surface area contributed by atoms with E-state index >= 15 is 0 Å². The van der Waals surface area contributed by atoms with E-state index in [0.29, 0.717) is 0 Å².